The monoisotopic (exact) mass is 346 g/mol. The predicted molar refractivity (Wildman–Crippen MR) is 97.3 cm³/mol. The molecule has 1 aromatic heterocycles. The highest BCUT2D eigenvalue weighted by atomic mass is 32.2. The number of carbonyl (C=O) groups is 1. The Morgan fingerprint density at radius 1 is 1.29 bits per heavy atom. The van der Waals surface area contributed by atoms with Gasteiger partial charge in [0.25, 0.3) is 0 Å². The van der Waals surface area contributed by atoms with Crippen LogP contribution < -0.4 is 0 Å². The van der Waals surface area contributed by atoms with E-state index in [1.165, 1.54) is 12.3 Å². The summed E-state index contributed by atoms with van der Waals surface area (Å²) in [6, 6.07) is 9.25. The lowest BCUT2D eigenvalue weighted by atomic mass is 10.1. The van der Waals surface area contributed by atoms with Crippen molar-refractivity contribution >= 4 is 32.7 Å². The summed E-state index contributed by atoms with van der Waals surface area (Å²) in [7, 11) is -3.14. The Morgan fingerprint density at radius 3 is 2.67 bits per heavy atom. The molecule has 0 aliphatic rings. The maximum absolute atomic E-state index is 12.4. The molecule has 5 nitrogen and oxygen atoms in total. The Kier molecular flexibility index (Phi) is 5.72. The van der Waals surface area contributed by atoms with Gasteiger partial charge in [0.1, 0.15) is 9.84 Å². The van der Waals surface area contributed by atoms with Crippen molar-refractivity contribution in [1.29, 1.82) is 0 Å². The van der Waals surface area contributed by atoms with Gasteiger partial charge in [0.05, 0.1) is 11.3 Å². The van der Waals surface area contributed by atoms with E-state index in [0.29, 0.717) is 6.54 Å². The van der Waals surface area contributed by atoms with Crippen molar-refractivity contribution in [1.82, 2.24) is 9.88 Å². The van der Waals surface area contributed by atoms with Crippen LogP contribution in [-0.2, 0) is 14.6 Å². The quantitative estimate of drug-likeness (QED) is 0.754. The van der Waals surface area contributed by atoms with E-state index in [-0.39, 0.29) is 17.7 Å². The van der Waals surface area contributed by atoms with Gasteiger partial charge < -0.3 is 4.90 Å². The second kappa shape index (κ2) is 7.57. The molecule has 0 aliphatic heterocycles. The Morgan fingerprint density at radius 2 is 2.00 bits per heavy atom. The number of fused-ring (bicyclic) bond motifs is 1. The number of rotatable bonds is 6. The van der Waals surface area contributed by atoms with E-state index in [0.717, 1.165) is 16.5 Å². The van der Waals surface area contributed by atoms with Crippen molar-refractivity contribution in [2.24, 2.45) is 0 Å². The van der Waals surface area contributed by atoms with Gasteiger partial charge in [-0.15, -0.1) is 0 Å². The van der Waals surface area contributed by atoms with Crippen molar-refractivity contribution in [2.45, 2.75) is 19.9 Å². The molecule has 24 heavy (non-hydrogen) atoms. The fraction of sp³-hybridized carbons (Fsp3) is 0.333. The van der Waals surface area contributed by atoms with Crippen LogP contribution in [0.5, 0.6) is 0 Å². The number of benzene rings is 1. The number of pyridine rings is 1. The first kappa shape index (κ1) is 18.1. The summed E-state index contributed by atoms with van der Waals surface area (Å²) in [6.45, 7) is 4.04. The smallest absolute Gasteiger partial charge is 0.246 e. The Hall–Kier alpha value is -2.21. The van der Waals surface area contributed by atoms with Gasteiger partial charge in [0.15, 0.2) is 0 Å². The van der Waals surface area contributed by atoms with E-state index >= 15 is 0 Å². The number of hydrogen-bond acceptors (Lipinski definition) is 4. The number of sulfone groups is 1. The summed E-state index contributed by atoms with van der Waals surface area (Å²) in [4.78, 5) is 18.3. The number of nitrogens with zero attached hydrogens (tertiary/aromatic N) is 2. The fourth-order valence-electron chi connectivity index (χ4n) is 2.73. The number of carbonyl (C=O) groups excluding carboxylic acids is 1. The number of hydrogen-bond donors (Lipinski definition) is 0. The molecule has 0 saturated heterocycles. The highest BCUT2D eigenvalue weighted by Gasteiger charge is 2.20. The van der Waals surface area contributed by atoms with Gasteiger partial charge in [0, 0.05) is 42.1 Å². The van der Waals surface area contributed by atoms with E-state index in [2.05, 4.69) is 4.98 Å². The molecule has 0 fully saturated rings. The summed E-state index contributed by atoms with van der Waals surface area (Å²) in [6.07, 6.45) is 6.10. The zero-order valence-electron chi connectivity index (χ0n) is 14.1. The summed E-state index contributed by atoms with van der Waals surface area (Å²) in [5, 5.41) is 1.00. The Balaban J connectivity index is 2.21. The highest BCUT2D eigenvalue weighted by Crippen LogP contribution is 2.17. The molecule has 6 heteroatoms. The van der Waals surface area contributed by atoms with Crippen LogP contribution in [0.25, 0.3) is 17.0 Å². The van der Waals surface area contributed by atoms with Crippen molar-refractivity contribution < 1.29 is 13.2 Å². The first-order valence-electron chi connectivity index (χ1n) is 7.82. The first-order valence-corrected chi connectivity index (χ1v) is 9.88. The molecule has 0 bridgehead atoms. The largest absolute Gasteiger partial charge is 0.336 e. The highest BCUT2D eigenvalue weighted by molar-refractivity contribution is 7.90. The molecule has 1 aromatic carbocycles. The van der Waals surface area contributed by atoms with Crippen molar-refractivity contribution in [3.05, 3.63) is 48.2 Å². The third-order valence-corrected chi connectivity index (χ3v) is 4.86. The van der Waals surface area contributed by atoms with E-state index in [9.17, 15) is 13.2 Å². The molecule has 0 spiro atoms. The lowest BCUT2D eigenvalue weighted by molar-refractivity contribution is -0.127. The molecular formula is C18H22N2O3S. The minimum atomic E-state index is -3.14. The summed E-state index contributed by atoms with van der Waals surface area (Å²) in [5.74, 6) is -0.252. The van der Waals surface area contributed by atoms with Gasteiger partial charge >= 0.3 is 0 Å². The zero-order chi connectivity index (χ0) is 17.7. The van der Waals surface area contributed by atoms with Gasteiger partial charge in [-0.25, -0.2) is 8.42 Å². The predicted octanol–water partition coefficient (Wildman–Crippen LogP) is 2.53. The van der Waals surface area contributed by atoms with Crippen molar-refractivity contribution in [3.8, 4) is 0 Å². The molecule has 0 saturated carbocycles. The lowest BCUT2D eigenvalue weighted by Gasteiger charge is -2.26. The van der Waals surface area contributed by atoms with Crippen LogP contribution in [0.2, 0.25) is 0 Å². The third kappa shape index (κ3) is 4.64. The molecule has 1 amide bonds. The SMILES string of the molecule is CCN(C(=O)/C=C/c1cccc2cccnc12)C(C)CS(C)(=O)=O. The second-order valence-electron chi connectivity index (χ2n) is 5.82. The topological polar surface area (TPSA) is 67.3 Å². The number of amides is 1. The van der Waals surface area contributed by atoms with Gasteiger partial charge in [-0.3, -0.25) is 9.78 Å². The minimum Gasteiger partial charge on any atom is -0.336 e. The van der Waals surface area contributed by atoms with Crippen LogP contribution in [0.15, 0.2) is 42.6 Å². The second-order valence-corrected chi connectivity index (χ2v) is 8.01. The average molecular weight is 346 g/mol. The molecule has 1 unspecified atom stereocenters. The van der Waals surface area contributed by atoms with Gasteiger partial charge in [-0.1, -0.05) is 24.3 Å². The third-order valence-electron chi connectivity index (χ3n) is 3.77. The van der Waals surface area contributed by atoms with E-state index < -0.39 is 9.84 Å². The molecule has 0 radical (unpaired) electrons. The molecule has 2 aromatic rings. The van der Waals surface area contributed by atoms with Crippen LogP contribution in [-0.4, -0.2) is 48.8 Å². The number of likely N-dealkylation sites (N-methyl/N-ethyl adjacent to an activating group) is 1. The van der Waals surface area contributed by atoms with E-state index in [1.807, 2.05) is 37.3 Å². The molecule has 0 aliphatic carbocycles. The number of para-hydroxylation sites is 1. The summed E-state index contributed by atoms with van der Waals surface area (Å²) >= 11 is 0. The Bertz CT molecular complexity index is 854. The van der Waals surface area contributed by atoms with Gasteiger partial charge in [-0.05, 0) is 26.0 Å². The van der Waals surface area contributed by atoms with Gasteiger partial charge in [0.2, 0.25) is 5.91 Å². The zero-order valence-corrected chi connectivity index (χ0v) is 15.0. The van der Waals surface area contributed by atoms with E-state index in [4.69, 9.17) is 0 Å². The maximum Gasteiger partial charge on any atom is 0.246 e. The molecule has 1 heterocycles. The van der Waals surface area contributed by atoms with Crippen LogP contribution in [0.3, 0.4) is 0 Å². The molecular weight excluding hydrogens is 324 g/mol. The van der Waals surface area contributed by atoms with Crippen LogP contribution in [0, 0.1) is 0 Å². The average Bonchev–Trinajstić information content (AvgIpc) is 2.51. The van der Waals surface area contributed by atoms with Crippen molar-refractivity contribution in [2.75, 3.05) is 18.6 Å². The molecule has 2 rings (SSSR count). The molecule has 1 atom stereocenters. The normalized spacial score (nSPS) is 13.3. The first-order chi connectivity index (χ1) is 11.3. The fourth-order valence-corrected chi connectivity index (χ4v) is 3.79. The minimum absolute atomic E-state index is 0.0454. The maximum atomic E-state index is 12.4. The van der Waals surface area contributed by atoms with Crippen LogP contribution in [0.4, 0.5) is 0 Å². The lowest BCUT2D eigenvalue weighted by Crippen LogP contribution is -2.41. The van der Waals surface area contributed by atoms with E-state index in [1.54, 1.807) is 24.1 Å². The van der Waals surface area contributed by atoms with Crippen LogP contribution in [0.1, 0.15) is 19.4 Å². The Labute approximate surface area is 142 Å². The molecule has 128 valence electrons. The summed E-state index contributed by atoms with van der Waals surface area (Å²) < 4.78 is 22.9. The van der Waals surface area contributed by atoms with Crippen LogP contribution >= 0.6 is 0 Å². The van der Waals surface area contributed by atoms with Crippen molar-refractivity contribution in [3.63, 3.8) is 0 Å². The summed E-state index contributed by atoms with van der Waals surface area (Å²) in [5.41, 5.74) is 1.68. The van der Waals surface area contributed by atoms with Gasteiger partial charge in [-0.2, -0.15) is 0 Å². The molecule has 0 N–H and O–H groups in total. The number of aromatic nitrogens is 1. The standard InChI is InChI=1S/C18H22N2O3S/c1-4-20(14(2)13-24(3,22)23)17(21)11-10-16-8-5-7-15-9-6-12-19-18(15)16/h5-12,14H,4,13H2,1-3H3/b11-10+.